The van der Waals surface area contributed by atoms with Crippen LogP contribution in [0.3, 0.4) is 0 Å². The molecule has 0 saturated heterocycles. The van der Waals surface area contributed by atoms with Crippen LogP contribution in [0.1, 0.15) is 5.69 Å². The molecule has 0 atom stereocenters. The van der Waals surface area contributed by atoms with Gasteiger partial charge >= 0.3 is 0 Å². The van der Waals surface area contributed by atoms with Crippen molar-refractivity contribution in [1.82, 2.24) is 9.38 Å². The van der Waals surface area contributed by atoms with Crippen LogP contribution in [0.2, 0.25) is 0 Å². The molecule has 3 heteroatoms. The van der Waals surface area contributed by atoms with Crippen molar-refractivity contribution in [2.24, 2.45) is 0 Å². The molecule has 3 rings (SSSR count). The van der Waals surface area contributed by atoms with Crippen LogP contribution in [0.15, 0.2) is 48.7 Å². The van der Waals surface area contributed by atoms with Gasteiger partial charge < -0.3 is 5.32 Å². The van der Waals surface area contributed by atoms with Gasteiger partial charge in [0.2, 0.25) is 0 Å². The summed E-state index contributed by atoms with van der Waals surface area (Å²) < 4.78 is 2.13. The highest BCUT2D eigenvalue weighted by Gasteiger charge is 2.08. The largest absolute Gasteiger partial charge is 0.388 e. The van der Waals surface area contributed by atoms with Crippen LogP contribution in [0.4, 0.5) is 5.69 Å². The van der Waals surface area contributed by atoms with Gasteiger partial charge in [-0.3, -0.25) is 4.40 Å². The van der Waals surface area contributed by atoms with E-state index in [1.165, 1.54) is 0 Å². The Balaban J connectivity index is 2.18. The highest BCUT2D eigenvalue weighted by Crippen LogP contribution is 2.23. The summed E-state index contributed by atoms with van der Waals surface area (Å²) in [5.41, 5.74) is 4.45. The summed E-state index contributed by atoms with van der Waals surface area (Å²) in [6, 6.07) is 14.5. The molecular formula is C15H15N3. The van der Waals surface area contributed by atoms with E-state index in [1.54, 1.807) is 0 Å². The first-order valence-electron chi connectivity index (χ1n) is 6.01. The van der Waals surface area contributed by atoms with Gasteiger partial charge in [-0.25, -0.2) is 4.98 Å². The van der Waals surface area contributed by atoms with Crippen LogP contribution in [-0.2, 0) is 0 Å². The summed E-state index contributed by atoms with van der Waals surface area (Å²) in [5.74, 6) is 0.991. The Morgan fingerprint density at radius 2 is 1.83 bits per heavy atom. The van der Waals surface area contributed by atoms with Crippen LogP contribution in [0.5, 0.6) is 0 Å². The zero-order chi connectivity index (χ0) is 12.5. The third-order valence-corrected chi connectivity index (χ3v) is 3.16. The van der Waals surface area contributed by atoms with Crippen molar-refractivity contribution >= 4 is 11.2 Å². The second-order valence-corrected chi connectivity index (χ2v) is 4.30. The summed E-state index contributed by atoms with van der Waals surface area (Å²) in [5, 5.41) is 3.12. The average molecular weight is 237 g/mol. The predicted molar refractivity (Wildman–Crippen MR) is 74.9 cm³/mol. The Kier molecular flexibility index (Phi) is 2.52. The minimum absolute atomic E-state index is 0.991. The number of imidazole rings is 1. The quantitative estimate of drug-likeness (QED) is 0.740. The molecule has 0 bridgehead atoms. The fourth-order valence-electron chi connectivity index (χ4n) is 2.18. The van der Waals surface area contributed by atoms with Gasteiger partial charge in [0, 0.05) is 24.5 Å². The smallest absolute Gasteiger partial charge is 0.144 e. The Hall–Kier alpha value is -2.29. The first-order valence-corrected chi connectivity index (χ1v) is 6.01. The van der Waals surface area contributed by atoms with Crippen molar-refractivity contribution in [3.05, 3.63) is 54.4 Å². The van der Waals surface area contributed by atoms with Gasteiger partial charge in [0.1, 0.15) is 5.82 Å². The lowest BCUT2D eigenvalue weighted by atomic mass is 10.2. The van der Waals surface area contributed by atoms with Crippen LogP contribution in [0.25, 0.3) is 16.9 Å². The van der Waals surface area contributed by atoms with Crippen molar-refractivity contribution in [3.8, 4) is 11.4 Å². The number of rotatable bonds is 2. The zero-order valence-corrected chi connectivity index (χ0v) is 10.5. The third kappa shape index (κ3) is 1.64. The van der Waals surface area contributed by atoms with E-state index in [2.05, 4.69) is 51.2 Å². The van der Waals surface area contributed by atoms with E-state index >= 15 is 0 Å². The summed E-state index contributed by atoms with van der Waals surface area (Å²) >= 11 is 0. The van der Waals surface area contributed by atoms with Gasteiger partial charge in [0.25, 0.3) is 0 Å². The molecule has 2 heterocycles. The molecule has 2 aromatic heterocycles. The van der Waals surface area contributed by atoms with Crippen molar-refractivity contribution in [1.29, 1.82) is 0 Å². The fraction of sp³-hybridized carbons (Fsp3) is 0.133. The van der Waals surface area contributed by atoms with Gasteiger partial charge in [0.05, 0.1) is 11.2 Å². The highest BCUT2D eigenvalue weighted by atomic mass is 15.0. The summed E-state index contributed by atoms with van der Waals surface area (Å²) in [6.07, 6.45) is 2.05. The van der Waals surface area contributed by atoms with Crippen LogP contribution >= 0.6 is 0 Å². The average Bonchev–Trinajstić information content (AvgIpc) is 2.77. The Labute approximate surface area is 106 Å². The standard InChI is InChI=1S/C15H15N3/c1-11-14-5-3-4-10-18(14)15(17-11)12-6-8-13(16-2)9-7-12/h3-10,16H,1-2H3. The maximum atomic E-state index is 4.66. The molecule has 3 aromatic rings. The number of fused-ring (bicyclic) bond motifs is 1. The van der Waals surface area contributed by atoms with Crippen molar-refractivity contribution in [2.75, 3.05) is 12.4 Å². The molecule has 0 saturated carbocycles. The van der Waals surface area contributed by atoms with Crippen molar-refractivity contribution in [2.45, 2.75) is 6.92 Å². The summed E-state index contributed by atoms with van der Waals surface area (Å²) in [6.45, 7) is 2.04. The molecular weight excluding hydrogens is 222 g/mol. The summed E-state index contributed by atoms with van der Waals surface area (Å²) in [4.78, 5) is 4.66. The van der Waals surface area contributed by atoms with Crippen LogP contribution in [0, 0.1) is 6.92 Å². The SMILES string of the molecule is CNc1ccc(-c2nc(C)c3ccccn23)cc1. The normalized spacial score (nSPS) is 10.8. The van der Waals surface area contributed by atoms with E-state index in [-0.39, 0.29) is 0 Å². The van der Waals surface area contributed by atoms with Gasteiger partial charge in [-0.05, 0) is 43.3 Å². The number of aryl methyl sites for hydroxylation is 1. The molecule has 0 aliphatic rings. The number of anilines is 1. The van der Waals surface area contributed by atoms with Crippen LogP contribution < -0.4 is 5.32 Å². The number of hydrogen-bond acceptors (Lipinski definition) is 2. The van der Waals surface area contributed by atoms with Crippen LogP contribution in [-0.4, -0.2) is 16.4 Å². The lowest BCUT2D eigenvalue weighted by Gasteiger charge is -2.03. The van der Waals surface area contributed by atoms with E-state index < -0.39 is 0 Å². The molecule has 0 fully saturated rings. The Morgan fingerprint density at radius 3 is 2.56 bits per heavy atom. The number of hydrogen-bond donors (Lipinski definition) is 1. The van der Waals surface area contributed by atoms with Gasteiger partial charge in [-0.2, -0.15) is 0 Å². The molecule has 0 radical (unpaired) electrons. The third-order valence-electron chi connectivity index (χ3n) is 3.16. The second-order valence-electron chi connectivity index (χ2n) is 4.30. The topological polar surface area (TPSA) is 29.3 Å². The summed E-state index contributed by atoms with van der Waals surface area (Å²) in [7, 11) is 1.92. The van der Waals surface area contributed by atoms with Gasteiger partial charge in [0.15, 0.2) is 0 Å². The molecule has 1 aromatic carbocycles. The molecule has 0 aliphatic heterocycles. The van der Waals surface area contributed by atoms with Gasteiger partial charge in [-0.15, -0.1) is 0 Å². The minimum Gasteiger partial charge on any atom is -0.388 e. The molecule has 0 unspecified atom stereocenters. The van der Waals surface area contributed by atoms with E-state index in [0.717, 1.165) is 28.3 Å². The van der Waals surface area contributed by atoms with E-state index in [4.69, 9.17) is 0 Å². The van der Waals surface area contributed by atoms with E-state index in [9.17, 15) is 0 Å². The minimum atomic E-state index is 0.991. The first-order chi connectivity index (χ1) is 8.79. The number of benzene rings is 1. The lowest BCUT2D eigenvalue weighted by Crippen LogP contribution is -1.90. The van der Waals surface area contributed by atoms with Crippen molar-refractivity contribution < 1.29 is 0 Å². The molecule has 18 heavy (non-hydrogen) atoms. The number of aromatic nitrogens is 2. The highest BCUT2D eigenvalue weighted by molar-refractivity contribution is 5.66. The second kappa shape index (κ2) is 4.18. The fourth-order valence-corrected chi connectivity index (χ4v) is 2.18. The molecule has 0 amide bonds. The zero-order valence-electron chi connectivity index (χ0n) is 10.5. The van der Waals surface area contributed by atoms with Gasteiger partial charge in [-0.1, -0.05) is 6.07 Å². The first kappa shape index (κ1) is 10.8. The lowest BCUT2D eigenvalue weighted by molar-refractivity contribution is 1.16. The monoisotopic (exact) mass is 237 g/mol. The maximum Gasteiger partial charge on any atom is 0.144 e. The Morgan fingerprint density at radius 1 is 1.06 bits per heavy atom. The Bertz CT molecular complexity index is 681. The van der Waals surface area contributed by atoms with Crippen molar-refractivity contribution in [3.63, 3.8) is 0 Å². The number of nitrogens with zero attached hydrogens (tertiary/aromatic N) is 2. The van der Waals surface area contributed by atoms with E-state index in [0.29, 0.717) is 0 Å². The predicted octanol–water partition coefficient (Wildman–Crippen LogP) is 3.35. The molecule has 1 N–H and O–H groups in total. The van der Waals surface area contributed by atoms with E-state index in [1.807, 2.05) is 26.1 Å². The number of nitrogens with one attached hydrogen (secondary N) is 1. The number of pyridine rings is 1. The maximum absolute atomic E-state index is 4.66. The molecule has 0 spiro atoms. The molecule has 3 nitrogen and oxygen atoms in total. The molecule has 90 valence electrons. The molecule has 0 aliphatic carbocycles.